The van der Waals surface area contributed by atoms with Crippen LogP contribution in [0, 0.1) is 0 Å². The van der Waals surface area contributed by atoms with Gasteiger partial charge in [0.25, 0.3) is 11.5 Å². The number of amides is 1. The fourth-order valence-electron chi connectivity index (χ4n) is 2.71. The molecule has 0 unspecified atom stereocenters. The Balaban J connectivity index is 1.82. The molecule has 5 nitrogen and oxygen atoms in total. The van der Waals surface area contributed by atoms with Crippen LogP contribution in [0.2, 0.25) is 0 Å². The van der Waals surface area contributed by atoms with Crippen molar-refractivity contribution in [1.29, 1.82) is 0 Å². The molecule has 1 amide bonds. The standard InChI is InChI=1S/C20H21N3O2/c1-13(2)15-7-9-16(10-8-15)14(3)22-19(24)17-12-21-18-6-4-5-11-23(18)20(17)25/h4-14H,1-3H3,(H,22,24)/t14-/m0/s1. The highest BCUT2D eigenvalue weighted by Crippen LogP contribution is 2.18. The van der Waals surface area contributed by atoms with E-state index in [0.29, 0.717) is 11.6 Å². The Morgan fingerprint density at radius 1 is 1.04 bits per heavy atom. The number of nitrogens with one attached hydrogen (secondary N) is 1. The smallest absolute Gasteiger partial charge is 0.270 e. The molecule has 5 heteroatoms. The number of rotatable bonds is 4. The summed E-state index contributed by atoms with van der Waals surface area (Å²) in [7, 11) is 0. The van der Waals surface area contributed by atoms with Gasteiger partial charge in [0.05, 0.1) is 6.04 Å². The number of hydrogen-bond acceptors (Lipinski definition) is 3. The van der Waals surface area contributed by atoms with E-state index >= 15 is 0 Å². The first-order chi connectivity index (χ1) is 12.0. The number of benzene rings is 1. The molecule has 0 spiro atoms. The molecular weight excluding hydrogens is 314 g/mol. The van der Waals surface area contributed by atoms with Gasteiger partial charge in [-0.2, -0.15) is 0 Å². The molecule has 1 N–H and O–H groups in total. The van der Waals surface area contributed by atoms with Crippen LogP contribution in [-0.4, -0.2) is 15.3 Å². The van der Waals surface area contributed by atoms with E-state index in [1.165, 1.54) is 16.2 Å². The van der Waals surface area contributed by atoms with E-state index in [0.717, 1.165) is 5.56 Å². The molecule has 25 heavy (non-hydrogen) atoms. The normalized spacial score (nSPS) is 12.3. The highest BCUT2D eigenvalue weighted by Gasteiger charge is 2.16. The molecule has 0 aliphatic heterocycles. The lowest BCUT2D eigenvalue weighted by Gasteiger charge is -2.15. The van der Waals surface area contributed by atoms with Crippen molar-refractivity contribution in [3.63, 3.8) is 0 Å². The zero-order valence-electron chi connectivity index (χ0n) is 14.6. The third-order valence-corrected chi connectivity index (χ3v) is 4.31. The van der Waals surface area contributed by atoms with Crippen LogP contribution in [0.4, 0.5) is 0 Å². The van der Waals surface area contributed by atoms with Crippen molar-refractivity contribution in [2.75, 3.05) is 0 Å². The monoisotopic (exact) mass is 335 g/mol. The first-order valence-electron chi connectivity index (χ1n) is 8.34. The second-order valence-electron chi connectivity index (χ2n) is 6.42. The predicted molar refractivity (Wildman–Crippen MR) is 97.9 cm³/mol. The molecule has 1 aromatic carbocycles. The molecule has 0 aliphatic carbocycles. The summed E-state index contributed by atoms with van der Waals surface area (Å²) in [6, 6.07) is 13.2. The van der Waals surface area contributed by atoms with Crippen molar-refractivity contribution < 1.29 is 4.79 Å². The molecule has 0 saturated carbocycles. The lowest BCUT2D eigenvalue weighted by molar-refractivity contribution is 0.0938. The van der Waals surface area contributed by atoms with Crippen molar-refractivity contribution in [3.05, 3.63) is 81.9 Å². The maximum atomic E-state index is 12.5. The van der Waals surface area contributed by atoms with Gasteiger partial charge in [0, 0.05) is 12.4 Å². The van der Waals surface area contributed by atoms with Gasteiger partial charge in [-0.15, -0.1) is 0 Å². The Kier molecular flexibility index (Phi) is 4.65. The van der Waals surface area contributed by atoms with Gasteiger partial charge in [0.1, 0.15) is 11.2 Å². The molecule has 0 saturated heterocycles. The third kappa shape index (κ3) is 3.45. The van der Waals surface area contributed by atoms with E-state index in [4.69, 9.17) is 0 Å². The summed E-state index contributed by atoms with van der Waals surface area (Å²) in [5, 5.41) is 2.87. The lowest BCUT2D eigenvalue weighted by Crippen LogP contribution is -2.33. The van der Waals surface area contributed by atoms with Gasteiger partial charge in [-0.1, -0.05) is 44.2 Å². The minimum Gasteiger partial charge on any atom is -0.345 e. The molecule has 3 aromatic rings. The molecule has 128 valence electrons. The number of fused-ring (bicyclic) bond motifs is 1. The molecule has 1 atom stereocenters. The van der Waals surface area contributed by atoms with Gasteiger partial charge >= 0.3 is 0 Å². The third-order valence-electron chi connectivity index (χ3n) is 4.31. The number of aromatic nitrogens is 2. The van der Waals surface area contributed by atoms with Crippen LogP contribution < -0.4 is 10.9 Å². The SMILES string of the molecule is CC(C)c1ccc([C@H](C)NC(=O)c2cnc3ccccn3c2=O)cc1. The van der Waals surface area contributed by atoms with Crippen LogP contribution >= 0.6 is 0 Å². The van der Waals surface area contributed by atoms with Crippen LogP contribution in [0.3, 0.4) is 0 Å². The van der Waals surface area contributed by atoms with E-state index in [9.17, 15) is 9.59 Å². The summed E-state index contributed by atoms with van der Waals surface area (Å²) in [6.45, 7) is 6.18. The van der Waals surface area contributed by atoms with Gasteiger partial charge in [0.2, 0.25) is 0 Å². The molecule has 0 fully saturated rings. The second-order valence-corrected chi connectivity index (χ2v) is 6.42. The maximum absolute atomic E-state index is 12.5. The molecule has 0 bridgehead atoms. The molecular formula is C20H21N3O2. The summed E-state index contributed by atoms with van der Waals surface area (Å²) in [5.74, 6) is 0.0406. The van der Waals surface area contributed by atoms with Gasteiger partial charge in [-0.05, 0) is 36.1 Å². The Hall–Kier alpha value is -2.95. The van der Waals surface area contributed by atoms with Crippen LogP contribution in [0.1, 0.15) is 54.2 Å². The zero-order valence-corrected chi connectivity index (χ0v) is 14.6. The summed E-state index contributed by atoms with van der Waals surface area (Å²) >= 11 is 0. The number of nitrogens with zero attached hydrogens (tertiary/aromatic N) is 2. The first-order valence-corrected chi connectivity index (χ1v) is 8.34. The molecule has 2 heterocycles. The highest BCUT2D eigenvalue weighted by molar-refractivity contribution is 5.94. The van der Waals surface area contributed by atoms with Gasteiger partial charge in [0.15, 0.2) is 0 Å². The largest absolute Gasteiger partial charge is 0.345 e. The molecule has 2 aromatic heterocycles. The Bertz CT molecular complexity index is 959. The van der Waals surface area contributed by atoms with Crippen LogP contribution in [-0.2, 0) is 0 Å². The van der Waals surface area contributed by atoms with Crippen molar-refractivity contribution >= 4 is 11.6 Å². The van der Waals surface area contributed by atoms with Crippen LogP contribution in [0.25, 0.3) is 5.65 Å². The van der Waals surface area contributed by atoms with Crippen molar-refractivity contribution in [3.8, 4) is 0 Å². The van der Waals surface area contributed by atoms with E-state index in [2.05, 4.69) is 36.3 Å². The maximum Gasteiger partial charge on any atom is 0.270 e. The lowest BCUT2D eigenvalue weighted by atomic mass is 9.99. The first kappa shape index (κ1) is 16.9. The van der Waals surface area contributed by atoms with E-state index < -0.39 is 5.91 Å². The van der Waals surface area contributed by atoms with E-state index in [-0.39, 0.29) is 17.2 Å². The van der Waals surface area contributed by atoms with Crippen molar-refractivity contribution in [1.82, 2.24) is 14.7 Å². The van der Waals surface area contributed by atoms with E-state index in [1.807, 2.05) is 19.1 Å². The van der Waals surface area contributed by atoms with Crippen molar-refractivity contribution in [2.24, 2.45) is 0 Å². The summed E-state index contributed by atoms with van der Waals surface area (Å²) in [6.07, 6.45) is 2.94. The predicted octanol–water partition coefficient (Wildman–Crippen LogP) is 3.31. The average Bonchev–Trinajstić information content (AvgIpc) is 2.62. The van der Waals surface area contributed by atoms with Crippen LogP contribution in [0.5, 0.6) is 0 Å². The Morgan fingerprint density at radius 3 is 2.40 bits per heavy atom. The highest BCUT2D eigenvalue weighted by atomic mass is 16.2. The van der Waals surface area contributed by atoms with E-state index in [1.54, 1.807) is 24.4 Å². The minimum atomic E-state index is -0.420. The molecule has 0 aliphatic rings. The summed E-state index contributed by atoms with van der Waals surface area (Å²) < 4.78 is 1.37. The summed E-state index contributed by atoms with van der Waals surface area (Å²) in [5.41, 5.74) is 2.42. The fraction of sp³-hybridized carbons (Fsp3) is 0.250. The number of hydrogen-bond donors (Lipinski definition) is 1. The van der Waals surface area contributed by atoms with Crippen LogP contribution in [0.15, 0.2) is 59.7 Å². The Labute approximate surface area is 146 Å². The van der Waals surface area contributed by atoms with Crippen molar-refractivity contribution in [2.45, 2.75) is 32.7 Å². The summed E-state index contributed by atoms with van der Waals surface area (Å²) in [4.78, 5) is 29.1. The minimum absolute atomic E-state index is 0.0364. The molecule has 0 radical (unpaired) electrons. The average molecular weight is 335 g/mol. The second kappa shape index (κ2) is 6.89. The Morgan fingerprint density at radius 2 is 1.72 bits per heavy atom. The number of pyridine rings is 1. The quantitative estimate of drug-likeness (QED) is 0.795. The fourth-order valence-corrected chi connectivity index (χ4v) is 2.71. The topological polar surface area (TPSA) is 63.5 Å². The number of carbonyl (C=O) groups is 1. The van der Waals surface area contributed by atoms with Gasteiger partial charge in [-0.25, -0.2) is 4.98 Å². The molecule has 3 rings (SSSR count). The number of carbonyl (C=O) groups excluding carboxylic acids is 1. The van der Waals surface area contributed by atoms with Gasteiger partial charge in [-0.3, -0.25) is 14.0 Å². The van der Waals surface area contributed by atoms with Gasteiger partial charge < -0.3 is 5.32 Å². The zero-order chi connectivity index (χ0) is 18.0.